The molecule has 0 bridgehead atoms. The van der Waals surface area contributed by atoms with Gasteiger partial charge in [0, 0.05) is 12.6 Å². The van der Waals surface area contributed by atoms with Gasteiger partial charge in [0.15, 0.2) is 0 Å². The van der Waals surface area contributed by atoms with Crippen LogP contribution in [-0.2, 0) is 14.8 Å². The van der Waals surface area contributed by atoms with E-state index < -0.39 is 10.0 Å². The minimum absolute atomic E-state index is 0.0515. The van der Waals surface area contributed by atoms with Gasteiger partial charge in [-0.3, -0.25) is 4.79 Å². The summed E-state index contributed by atoms with van der Waals surface area (Å²) in [5.41, 5.74) is 0.442. The number of rotatable bonds is 8. The number of carbonyl (C=O) groups excluding carboxylic acids is 1. The van der Waals surface area contributed by atoms with Crippen LogP contribution in [0.1, 0.15) is 26.2 Å². The summed E-state index contributed by atoms with van der Waals surface area (Å²) in [7, 11) is -3.54. The van der Waals surface area contributed by atoms with Crippen LogP contribution in [0.25, 0.3) is 0 Å². The van der Waals surface area contributed by atoms with Crippen LogP contribution in [-0.4, -0.2) is 33.5 Å². The van der Waals surface area contributed by atoms with Crippen LogP contribution >= 0.6 is 0 Å². The second kappa shape index (κ2) is 6.91. The normalized spacial score (nSPS) is 14.7. The second-order valence-corrected chi connectivity index (χ2v) is 6.78. The molecule has 1 amide bonds. The Balaban J connectivity index is 2.04. The first-order valence-corrected chi connectivity index (χ1v) is 8.63. The van der Waals surface area contributed by atoms with E-state index in [-0.39, 0.29) is 23.4 Å². The Morgan fingerprint density at radius 2 is 2.00 bits per heavy atom. The first-order chi connectivity index (χ1) is 10.0. The SMILES string of the molecule is CCCNC(=O)CNc1ccccc1S(=O)(=O)NC1CC1. The van der Waals surface area contributed by atoms with Crippen LogP contribution in [0.2, 0.25) is 0 Å². The lowest BCUT2D eigenvalue weighted by atomic mass is 10.3. The molecule has 1 saturated carbocycles. The van der Waals surface area contributed by atoms with Gasteiger partial charge in [-0.25, -0.2) is 13.1 Å². The fourth-order valence-corrected chi connectivity index (χ4v) is 3.32. The van der Waals surface area contributed by atoms with Gasteiger partial charge in [0.1, 0.15) is 4.90 Å². The maximum Gasteiger partial charge on any atom is 0.242 e. The predicted molar refractivity (Wildman–Crippen MR) is 81.6 cm³/mol. The summed E-state index contributed by atoms with van der Waals surface area (Å²) in [5, 5.41) is 5.63. The molecule has 1 aliphatic carbocycles. The first kappa shape index (κ1) is 15.8. The van der Waals surface area contributed by atoms with E-state index in [1.165, 1.54) is 6.07 Å². The van der Waals surface area contributed by atoms with Gasteiger partial charge in [-0.1, -0.05) is 19.1 Å². The van der Waals surface area contributed by atoms with E-state index in [2.05, 4.69) is 15.4 Å². The summed E-state index contributed by atoms with van der Waals surface area (Å²) in [6, 6.07) is 6.66. The average Bonchev–Trinajstić information content (AvgIpc) is 3.26. The fourth-order valence-electron chi connectivity index (χ4n) is 1.83. The molecule has 21 heavy (non-hydrogen) atoms. The third-order valence-corrected chi connectivity index (χ3v) is 4.67. The zero-order valence-corrected chi connectivity index (χ0v) is 12.9. The zero-order valence-electron chi connectivity index (χ0n) is 12.1. The van der Waals surface area contributed by atoms with E-state index in [0.717, 1.165) is 19.3 Å². The molecule has 6 nitrogen and oxygen atoms in total. The van der Waals surface area contributed by atoms with Crippen molar-refractivity contribution in [2.45, 2.75) is 37.1 Å². The monoisotopic (exact) mass is 311 g/mol. The number of hydrogen-bond acceptors (Lipinski definition) is 4. The van der Waals surface area contributed by atoms with Gasteiger partial charge in [0.05, 0.1) is 12.2 Å². The van der Waals surface area contributed by atoms with Crippen molar-refractivity contribution >= 4 is 21.6 Å². The number of benzene rings is 1. The molecule has 0 radical (unpaired) electrons. The molecule has 0 aliphatic heterocycles. The van der Waals surface area contributed by atoms with Crippen LogP contribution < -0.4 is 15.4 Å². The summed E-state index contributed by atoms with van der Waals surface area (Å²) in [6.07, 6.45) is 2.63. The third-order valence-electron chi connectivity index (χ3n) is 3.09. The maximum absolute atomic E-state index is 12.3. The van der Waals surface area contributed by atoms with Crippen molar-refractivity contribution in [1.82, 2.24) is 10.0 Å². The molecule has 116 valence electrons. The van der Waals surface area contributed by atoms with E-state index >= 15 is 0 Å². The van der Waals surface area contributed by atoms with Crippen LogP contribution in [0.5, 0.6) is 0 Å². The number of anilines is 1. The smallest absolute Gasteiger partial charge is 0.242 e. The Hall–Kier alpha value is -1.60. The van der Waals surface area contributed by atoms with Gasteiger partial charge in [-0.05, 0) is 31.4 Å². The molecule has 2 rings (SSSR count). The van der Waals surface area contributed by atoms with E-state index in [1.807, 2.05) is 6.92 Å². The predicted octanol–water partition coefficient (Wildman–Crippen LogP) is 1.07. The van der Waals surface area contributed by atoms with Gasteiger partial charge in [-0.2, -0.15) is 0 Å². The van der Waals surface area contributed by atoms with Crippen molar-refractivity contribution < 1.29 is 13.2 Å². The van der Waals surface area contributed by atoms with Gasteiger partial charge in [0.2, 0.25) is 15.9 Å². The Labute approximate surface area is 125 Å². The second-order valence-electron chi connectivity index (χ2n) is 5.10. The molecular formula is C14H21N3O3S. The van der Waals surface area contributed by atoms with Crippen molar-refractivity contribution in [3.63, 3.8) is 0 Å². The van der Waals surface area contributed by atoms with E-state index in [9.17, 15) is 13.2 Å². The van der Waals surface area contributed by atoms with Crippen molar-refractivity contribution in [3.05, 3.63) is 24.3 Å². The molecule has 1 fully saturated rings. The molecular weight excluding hydrogens is 290 g/mol. The highest BCUT2D eigenvalue weighted by molar-refractivity contribution is 7.89. The number of sulfonamides is 1. The first-order valence-electron chi connectivity index (χ1n) is 7.15. The van der Waals surface area contributed by atoms with Crippen LogP contribution in [0.15, 0.2) is 29.2 Å². The van der Waals surface area contributed by atoms with E-state index in [1.54, 1.807) is 18.2 Å². The highest BCUT2D eigenvalue weighted by Gasteiger charge is 2.29. The lowest BCUT2D eigenvalue weighted by Crippen LogP contribution is -2.31. The highest BCUT2D eigenvalue weighted by Crippen LogP contribution is 2.25. The van der Waals surface area contributed by atoms with Crippen LogP contribution in [0.4, 0.5) is 5.69 Å². The molecule has 1 aromatic rings. The molecule has 1 aliphatic rings. The van der Waals surface area contributed by atoms with Crippen molar-refractivity contribution in [2.24, 2.45) is 0 Å². The van der Waals surface area contributed by atoms with Crippen LogP contribution in [0.3, 0.4) is 0 Å². The zero-order chi connectivity index (χ0) is 15.3. The quantitative estimate of drug-likeness (QED) is 0.670. The average molecular weight is 311 g/mol. The molecule has 0 heterocycles. The summed E-state index contributed by atoms with van der Waals surface area (Å²) < 4.78 is 27.2. The topological polar surface area (TPSA) is 87.3 Å². The molecule has 3 N–H and O–H groups in total. The van der Waals surface area contributed by atoms with Crippen molar-refractivity contribution in [1.29, 1.82) is 0 Å². The van der Waals surface area contributed by atoms with Crippen molar-refractivity contribution in [2.75, 3.05) is 18.4 Å². The summed E-state index contributed by atoms with van der Waals surface area (Å²) >= 11 is 0. The number of carbonyl (C=O) groups is 1. The molecule has 1 aromatic carbocycles. The highest BCUT2D eigenvalue weighted by atomic mass is 32.2. The number of para-hydroxylation sites is 1. The number of nitrogens with one attached hydrogen (secondary N) is 3. The molecule has 7 heteroatoms. The lowest BCUT2D eigenvalue weighted by Gasteiger charge is -2.13. The van der Waals surface area contributed by atoms with Gasteiger partial charge in [0.25, 0.3) is 0 Å². The molecule has 0 unspecified atom stereocenters. The Bertz CT molecular complexity index is 597. The largest absolute Gasteiger partial charge is 0.375 e. The van der Waals surface area contributed by atoms with Gasteiger partial charge < -0.3 is 10.6 Å². The Morgan fingerprint density at radius 3 is 2.67 bits per heavy atom. The minimum atomic E-state index is -3.54. The molecule has 0 aromatic heterocycles. The van der Waals surface area contributed by atoms with E-state index in [4.69, 9.17) is 0 Å². The molecule has 0 saturated heterocycles. The van der Waals surface area contributed by atoms with Gasteiger partial charge >= 0.3 is 0 Å². The molecule has 0 atom stereocenters. The fraction of sp³-hybridized carbons (Fsp3) is 0.500. The summed E-state index contributed by atoms with van der Waals surface area (Å²) in [4.78, 5) is 11.8. The lowest BCUT2D eigenvalue weighted by molar-refractivity contribution is -0.119. The summed E-state index contributed by atoms with van der Waals surface area (Å²) in [5.74, 6) is -0.154. The molecule has 0 spiro atoms. The van der Waals surface area contributed by atoms with E-state index in [0.29, 0.717) is 12.2 Å². The standard InChI is InChI=1S/C14H21N3O3S/c1-2-9-15-14(18)10-16-12-5-3-4-6-13(12)21(19,20)17-11-7-8-11/h3-6,11,16-17H,2,7-10H2,1H3,(H,15,18). The van der Waals surface area contributed by atoms with Crippen molar-refractivity contribution in [3.8, 4) is 0 Å². The Kier molecular flexibility index (Phi) is 5.19. The Morgan fingerprint density at radius 1 is 1.29 bits per heavy atom. The third kappa shape index (κ3) is 4.71. The number of amides is 1. The van der Waals surface area contributed by atoms with Gasteiger partial charge in [-0.15, -0.1) is 0 Å². The minimum Gasteiger partial charge on any atom is -0.375 e. The maximum atomic E-state index is 12.3. The number of hydrogen-bond donors (Lipinski definition) is 3. The summed E-state index contributed by atoms with van der Waals surface area (Å²) in [6.45, 7) is 2.64. The van der Waals surface area contributed by atoms with Crippen LogP contribution in [0, 0.1) is 0 Å².